The van der Waals surface area contributed by atoms with Gasteiger partial charge in [-0.3, -0.25) is 19.7 Å². The first kappa shape index (κ1) is 36.2. The smallest absolute Gasteiger partial charge is 0.352 e. The Morgan fingerprint density at radius 2 is 1.78 bits per heavy atom. The van der Waals surface area contributed by atoms with Gasteiger partial charge in [-0.1, -0.05) is 12.5 Å². The second kappa shape index (κ2) is 17.9. The molecular formula is C26H39F3N5O6P. The van der Waals surface area contributed by atoms with Crippen LogP contribution in [0.25, 0.3) is 0 Å². The normalized spacial score (nSPS) is 13.2. The van der Waals surface area contributed by atoms with Gasteiger partial charge in [-0.25, -0.2) is 4.67 Å². The highest BCUT2D eigenvalue weighted by atomic mass is 31.2. The van der Waals surface area contributed by atoms with E-state index >= 15 is 0 Å². The quantitative estimate of drug-likeness (QED) is 0.0923. The van der Waals surface area contributed by atoms with Gasteiger partial charge >= 0.3 is 12.1 Å². The van der Waals surface area contributed by atoms with E-state index in [-0.39, 0.29) is 56.2 Å². The summed E-state index contributed by atoms with van der Waals surface area (Å²) in [6, 6.07) is 6.62. The first-order valence-corrected chi connectivity index (χ1v) is 14.5. The lowest BCUT2D eigenvalue weighted by Gasteiger charge is -2.36. The molecule has 0 aliphatic carbocycles. The molecule has 0 aromatic heterocycles. The number of nitro groups is 1. The number of alkyl halides is 3. The average Bonchev–Trinajstić information content (AvgIpc) is 2.88. The second-order valence-corrected chi connectivity index (χ2v) is 11.2. The number of nitrogens with zero attached hydrogens (tertiary/aromatic N) is 3. The summed E-state index contributed by atoms with van der Waals surface area (Å²) < 4.78 is 50.7. The zero-order chi connectivity index (χ0) is 31.2. The van der Waals surface area contributed by atoms with E-state index in [1.807, 2.05) is 38.4 Å². The number of nitriles is 1. The van der Waals surface area contributed by atoms with Gasteiger partial charge in [0.2, 0.25) is 5.91 Å². The largest absolute Gasteiger partial charge is 0.471 e. The molecule has 0 spiro atoms. The lowest BCUT2D eigenvalue weighted by atomic mass is 10.0. The molecule has 41 heavy (non-hydrogen) atoms. The molecule has 0 radical (unpaired) electrons. The standard InChI is InChI=1S/C26H39F3N5O6P/c1-18(2)33(19(3)4)41(39-15-9-13-30)40-20(5)22-16-21(11-12-23(22)34(37)38)17-32-24(35)10-7-6-8-14-31-25(36)26(27,28)29/h11-12,16,18-20H,6-10,14-15,17H2,1-5H3,(H,31,36)(H,32,35). The molecule has 0 aliphatic rings. The summed E-state index contributed by atoms with van der Waals surface area (Å²) in [6.07, 6.45) is -4.18. The Labute approximate surface area is 239 Å². The highest BCUT2D eigenvalue weighted by Crippen LogP contribution is 2.50. The van der Waals surface area contributed by atoms with Crippen molar-refractivity contribution in [2.24, 2.45) is 0 Å². The lowest BCUT2D eigenvalue weighted by Crippen LogP contribution is -2.37. The number of nitrogens with one attached hydrogen (secondary N) is 2. The third-order valence-corrected chi connectivity index (χ3v) is 7.95. The highest BCUT2D eigenvalue weighted by Gasteiger charge is 2.38. The molecule has 0 fully saturated rings. The van der Waals surface area contributed by atoms with Crippen molar-refractivity contribution in [3.05, 3.63) is 39.4 Å². The second-order valence-electron chi connectivity index (χ2n) is 9.79. The summed E-state index contributed by atoms with van der Waals surface area (Å²) in [6.45, 7) is 9.73. The maximum absolute atomic E-state index is 12.3. The van der Waals surface area contributed by atoms with Crippen LogP contribution >= 0.6 is 8.53 Å². The first-order valence-electron chi connectivity index (χ1n) is 13.3. The van der Waals surface area contributed by atoms with Crippen LogP contribution in [0.2, 0.25) is 0 Å². The number of halogens is 3. The van der Waals surface area contributed by atoms with E-state index in [4.69, 9.17) is 14.3 Å². The predicted molar refractivity (Wildman–Crippen MR) is 147 cm³/mol. The number of carbonyl (C=O) groups excluding carboxylic acids is 2. The fourth-order valence-electron chi connectivity index (χ4n) is 3.87. The van der Waals surface area contributed by atoms with Crippen molar-refractivity contribution in [2.75, 3.05) is 13.2 Å². The minimum Gasteiger partial charge on any atom is -0.352 e. The Morgan fingerprint density at radius 3 is 2.34 bits per heavy atom. The van der Waals surface area contributed by atoms with Gasteiger partial charge in [-0.2, -0.15) is 18.4 Å². The van der Waals surface area contributed by atoms with Crippen LogP contribution < -0.4 is 10.6 Å². The molecule has 1 aromatic rings. The molecule has 0 saturated heterocycles. The van der Waals surface area contributed by atoms with E-state index in [1.54, 1.807) is 24.4 Å². The Hall–Kier alpha value is -2.85. The van der Waals surface area contributed by atoms with Gasteiger partial charge in [-0.15, -0.1) is 0 Å². The fourth-order valence-corrected chi connectivity index (χ4v) is 5.56. The molecule has 0 heterocycles. The maximum atomic E-state index is 12.3. The summed E-state index contributed by atoms with van der Waals surface area (Å²) in [7, 11) is -1.65. The van der Waals surface area contributed by atoms with E-state index in [9.17, 15) is 32.9 Å². The van der Waals surface area contributed by atoms with Gasteiger partial charge in [0.1, 0.15) is 0 Å². The van der Waals surface area contributed by atoms with Crippen LogP contribution in [0.4, 0.5) is 18.9 Å². The van der Waals surface area contributed by atoms with Gasteiger partial charge in [-0.05, 0) is 59.1 Å². The van der Waals surface area contributed by atoms with Gasteiger partial charge in [0, 0.05) is 37.7 Å². The summed E-state index contributed by atoms with van der Waals surface area (Å²) >= 11 is 0. The molecule has 0 bridgehead atoms. The molecule has 230 valence electrons. The Morgan fingerprint density at radius 1 is 1.12 bits per heavy atom. The van der Waals surface area contributed by atoms with E-state index in [0.29, 0.717) is 30.4 Å². The molecule has 0 aliphatic heterocycles. The summed E-state index contributed by atoms with van der Waals surface area (Å²) in [4.78, 5) is 34.3. The molecule has 1 rings (SSSR count). The number of amides is 2. The van der Waals surface area contributed by atoms with Gasteiger partial charge < -0.3 is 19.7 Å². The highest BCUT2D eigenvalue weighted by molar-refractivity contribution is 7.44. The summed E-state index contributed by atoms with van der Waals surface area (Å²) in [5.74, 6) is -2.27. The number of hydrogen-bond donors (Lipinski definition) is 2. The monoisotopic (exact) mass is 605 g/mol. The minimum atomic E-state index is -4.92. The van der Waals surface area contributed by atoms with Crippen molar-refractivity contribution in [3.63, 3.8) is 0 Å². The molecule has 2 atom stereocenters. The predicted octanol–water partition coefficient (Wildman–Crippen LogP) is 5.80. The van der Waals surface area contributed by atoms with Crippen LogP contribution in [0.1, 0.15) is 84.0 Å². The third-order valence-electron chi connectivity index (χ3n) is 5.75. The molecular weight excluding hydrogens is 566 g/mol. The molecule has 2 unspecified atom stereocenters. The SMILES string of the molecule is CC(OP(OCCC#N)N(C(C)C)C(C)C)c1cc(CNC(=O)CCCCCNC(=O)C(F)(F)F)ccc1[N+](=O)[O-]. The van der Waals surface area contributed by atoms with Crippen LogP contribution in [0.5, 0.6) is 0 Å². The van der Waals surface area contributed by atoms with Gasteiger partial charge in [0.25, 0.3) is 14.2 Å². The molecule has 2 N–H and O–H groups in total. The number of carbonyl (C=O) groups is 2. The van der Waals surface area contributed by atoms with Crippen LogP contribution in [-0.2, 0) is 25.2 Å². The third kappa shape index (κ3) is 13.1. The number of hydrogen-bond acceptors (Lipinski definition) is 8. The summed E-state index contributed by atoms with van der Waals surface area (Å²) in [5.41, 5.74) is 0.785. The molecule has 11 nitrogen and oxygen atoms in total. The number of rotatable bonds is 18. The van der Waals surface area contributed by atoms with E-state index in [2.05, 4.69) is 5.32 Å². The number of benzene rings is 1. The lowest BCUT2D eigenvalue weighted by molar-refractivity contribution is -0.386. The van der Waals surface area contributed by atoms with Crippen LogP contribution in [0, 0.1) is 21.4 Å². The van der Waals surface area contributed by atoms with Gasteiger partial charge in [0.05, 0.1) is 35.7 Å². The Kier molecular flexibility index (Phi) is 15.8. The number of nitro benzene ring substituents is 1. The van der Waals surface area contributed by atoms with Crippen molar-refractivity contribution >= 4 is 26.0 Å². The van der Waals surface area contributed by atoms with Crippen molar-refractivity contribution < 1.29 is 36.7 Å². The van der Waals surface area contributed by atoms with E-state index in [0.717, 1.165) is 0 Å². The number of unbranched alkanes of at least 4 members (excludes halogenated alkanes) is 2. The van der Waals surface area contributed by atoms with E-state index in [1.165, 1.54) is 6.07 Å². The minimum absolute atomic E-state index is 0.0468. The van der Waals surface area contributed by atoms with Gasteiger partial charge in [0.15, 0.2) is 0 Å². The zero-order valence-corrected chi connectivity index (χ0v) is 24.9. The summed E-state index contributed by atoms with van der Waals surface area (Å²) in [5, 5.41) is 25.2. The molecule has 15 heteroatoms. The van der Waals surface area contributed by atoms with E-state index < -0.39 is 31.6 Å². The first-order chi connectivity index (χ1) is 19.2. The Bertz CT molecular complexity index is 1040. The molecule has 1 aromatic carbocycles. The van der Waals surface area contributed by atoms with Crippen LogP contribution in [0.3, 0.4) is 0 Å². The average molecular weight is 606 g/mol. The molecule has 2 amide bonds. The van der Waals surface area contributed by atoms with Crippen molar-refractivity contribution in [1.82, 2.24) is 15.3 Å². The van der Waals surface area contributed by atoms with Crippen LogP contribution in [0.15, 0.2) is 18.2 Å². The molecule has 0 saturated carbocycles. The van der Waals surface area contributed by atoms with Crippen molar-refractivity contribution in [1.29, 1.82) is 5.26 Å². The topological polar surface area (TPSA) is 147 Å². The Balaban J connectivity index is 2.81. The van der Waals surface area contributed by atoms with Crippen molar-refractivity contribution in [2.45, 2.75) is 97.6 Å². The fraction of sp³-hybridized carbons (Fsp3) is 0.654. The van der Waals surface area contributed by atoms with Crippen molar-refractivity contribution in [3.8, 4) is 6.07 Å². The van der Waals surface area contributed by atoms with Crippen LogP contribution in [-0.4, -0.2) is 52.8 Å². The maximum Gasteiger partial charge on any atom is 0.471 e. The zero-order valence-electron chi connectivity index (χ0n) is 24.0.